The van der Waals surface area contributed by atoms with Crippen molar-refractivity contribution >= 4 is 5.97 Å². The Morgan fingerprint density at radius 3 is 2.65 bits per heavy atom. The van der Waals surface area contributed by atoms with E-state index in [9.17, 15) is 9.90 Å². The van der Waals surface area contributed by atoms with E-state index in [2.05, 4.69) is 5.32 Å². The zero-order valence-corrected chi connectivity index (χ0v) is 12.7. The first-order valence-electron chi connectivity index (χ1n) is 8.19. The summed E-state index contributed by atoms with van der Waals surface area (Å²) in [5.74, 6) is 0.243. The van der Waals surface area contributed by atoms with Crippen LogP contribution in [0.5, 0.6) is 0 Å². The summed E-state index contributed by atoms with van der Waals surface area (Å²) in [7, 11) is 1.77. The smallest absolute Gasteiger partial charge is 0.324 e. The molecule has 2 aliphatic rings. The molecule has 0 bridgehead atoms. The van der Waals surface area contributed by atoms with Crippen molar-refractivity contribution < 1.29 is 14.6 Å². The summed E-state index contributed by atoms with van der Waals surface area (Å²) in [6.45, 7) is 1.57. The Morgan fingerprint density at radius 2 is 2.00 bits per heavy atom. The molecule has 2 N–H and O–H groups in total. The van der Waals surface area contributed by atoms with E-state index in [1.165, 1.54) is 32.1 Å². The van der Waals surface area contributed by atoms with Crippen LogP contribution < -0.4 is 5.32 Å². The fraction of sp³-hybridized carbons (Fsp3) is 0.938. The Hall–Kier alpha value is -0.610. The molecule has 0 saturated heterocycles. The number of hydrogen-bond donors (Lipinski definition) is 2. The number of likely N-dealkylation sites (N-methyl/N-ethyl adjacent to an activating group) is 1. The molecule has 0 aliphatic heterocycles. The van der Waals surface area contributed by atoms with Crippen LogP contribution in [0.4, 0.5) is 0 Å². The van der Waals surface area contributed by atoms with Gasteiger partial charge < -0.3 is 15.2 Å². The minimum atomic E-state index is -0.714. The van der Waals surface area contributed by atoms with E-state index < -0.39 is 11.5 Å². The van der Waals surface area contributed by atoms with E-state index in [4.69, 9.17) is 4.74 Å². The van der Waals surface area contributed by atoms with Crippen LogP contribution in [0, 0.1) is 11.8 Å². The summed E-state index contributed by atoms with van der Waals surface area (Å²) >= 11 is 0. The first-order valence-corrected chi connectivity index (χ1v) is 8.19. The molecule has 0 radical (unpaired) electrons. The number of aliphatic carboxylic acids is 1. The van der Waals surface area contributed by atoms with Crippen LogP contribution in [0.25, 0.3) is 0 Å². The molecule has 0 aromatic rings. The number of hydrogen-bond acceptors (Lipinski definition) is 3. The maximum absolute atomic E-state index is 11.5. The normalized spacial score (nSPS) is 31.6. The van der Waals surface area contributed by atoms with Crippen LogP contribution in [0.15, 0.2) is 0 Å². The lowest BCUT2D eigenvalue weighted by atomic mass is 9.85. The predicted molar refractivity (Wildman–Crippen MR) is 78.8 cm³/mol. The van der Waals surface area contributed by atoms with Gasteiger partial charge in [-0.05, 0) is 51.0 Å². The van der Waals surface area contributed by atoms with Gasteiger partial charge in [-0.15, -0.1) is 0 Å². The number of carbonyl (C=O) groups is 1. The minimum absolute atomic E-state index is 0.205. The average molecular weight is 283 g/mol. The van der Waals surface area contributed by atoms with Gasteiger partial charge in [-0.2, -0.15) is 0 Å². The second-order valence-electron chi connectivity index (χ2n) is 6.48. The van der Waals surface area contributed by atoms with E-state index in [0.717, 1.165) is 38.2 Å². The molecule has 0 aromatic heterocycles. The molecule has 116 valence electrons. The lowest BCUT2D eigenvalue weighted by Gasteiger charge is -2.31. The highest BCUT2D eigenvalue weighted by molar-refractivity contribution is 5.79. The summed E-state index contributed by atoms with van der Waals surface area (Å²) < 4.78 is 5.83. The van der Waals surface area contributed by atoms with Crippen molar-refractivity contribution in [2.24, 2.45) is 11.8 Å². The standard InChI is InChI=1S/C16H29NO3/c1-17-16(15(18)19)10-5-8-14(16)9-11-20-12-13-6-3-2-4-7-13/h13-14,17H,2-12H2,1H3,(H,18,19). The highest BCUT2D eigenvalue weighted by Gasteiger charge is 2.47. The second-order valence-corrected chi connectivity index (χ2v) is 6.48. The minimum Gasteiger partial charge on any atom is -0.480 e. The van der Waals surface area contributed by atoms with Crippen molar-refractivity contribution in [3.05, 3.63) is 0 Å². The Bertz CT molecular complexity index is 315. The van der Waals surface area contributed by atoms with Crippen molar-refractivity contribution in [2.45, 2.75) is 63.3 Å². The van der Waals surface area contributed by atoms with Gasteiger partial charge in [0.05, 0.1) is 0 Å². The largest absolute Gasteiger partial charge is 0.480 e. The topological polar surface area (TPSA) is 58.6 Å². The van der Waals surface area contributed by atoms with Gasteiger partial charge in [-0.3, -0.25) is 4.79 Å². The molecule has 2 rings (SSSR count). The fourth-order valence-electron chi connectivity index (χ4n) is 4.02. The summed E-state index contributed by atoms with van der Waals surface area (Å²) in [6, 6.07) is 0. The van der Waals surface area contributed by atoms with Crippen molar-refractivity contribution in [1.29, 1.82) is 0 Å². The Labute approximate surface area is 122 Å². The van der Waals surface area contributed by atoms with Gasteiger partial charge >= 0.3 is 5.97 Å². The SMILES string of the molecule is CNC1(C(=O)O)CCCC1CCOCC1CCCCC1. The number of carboxylic acid groups (broad SMARTS) is 1. The molecule has 0 aromatic carbocycles. The molecule has 2 saturated carbocycles. The number of carboxylic acids is 1. The third-order valence-corrected chi connectivity index (χ3v) is 5.34. The van der Waals surface area contributed by atoms with E-state index in [1.807, 2.05) is 0 Å². The summed E-state index contributed by atoms with van der Waals surface area (Å²) in [6.07, 6.45) is 10.3. The van der Waals surface area contributed by atoms with Gasteiger partial charge in [0.15, 0.2) is 0 Å². The van der Waals surface area contributed by atoms with Crippen molar-refractivity contribution in [1.82, 2.24) is 5.32 Å². The molecule has 0 spiro atoms. The highest BCUT2D eigenvalue weighted by Crippen LogP contribution is 2.38. The number of ether oxygens (including phenoxy) is 1. The van der Waals surface area contributed by atoms with Crippen LogP contribution in [0.2, 0.25) is 0 Å². The Morgan fingerprint density at radius 1 is 1.25 bits per heavy atom. The van der Waals surface area contributed by atoms with Gasteiger partial charge in [-0.1, -0.05) is 25.7 Å². The molecule has 0 amide bonds. The molecule has 2 atom stereocenters. The zero-order chi connectivity index (χ0) is 14.4. The number of rotatable bonds is 7. The lowest BCUT2D eigenvalue weighted by Crippen LogP contribution is -2.53. The van der Waals surface area contributed by atoms with Crippen LogP contribution in [-0.2, 0) is 9.53 Å². The van der Waals surface area contributed by atoms with Crippen molar-refractivity contribution in [3.63, 3.8) is 0 Å². The summed E-state index contributed by atoms with van der Waals surface area (Å²) in [5.41, 5.74) is -0.714. The summed E-state index contributed by atoms with van der Waals surface area (Å²) in [5, 5.41) is 12.6. The molecule has 4 nitrogen and oxygen atoms in total. The highest BCUT2D eigenvalue weighted by atomic mass is 16.5. The van der Waals surface area contributed by atoms with E-state index in [1.54, 1.807) is 7.05 Å². The molecule has 2 aliphatic carbocycles. The Balaban J connectivity index is 1.71. The quantitative estimate of drug-likeness (QED) is 0.705. The van der Waals surface area contributed by atoms with Crippen LogP contribution >= 0.6 is 0 Å². The van der Waals surface area contributed by atoms with Gasteiger partial charge in [0.2, 0.25) is 0 Å². The predicted octanol–water partition coefficient (Wildman–Crippen LogP) is 2.82. The molecule has 0 heterocycles. The molecule has 20 heavy (non-hydrogen) atoms. The van der Waals surface area contributed by atoms with E-state index in [-0.39, 0.29) is 5.92 Å². The van der Waals surface area contributed by atoms with Crippen LogP contribution in [-0.4, -0.2) is 36.9 Å². The van der Waals surface area contributed by atoms with E-state index in [0.29, 0.717) is 6.61 Å². The molecule has 2 fully saturated rings. The molecule has 2 unspecified atom stereocenters. The van der Waals surface area contributed by atoms with Gasteiger partial charge in [0.25, 0.3) is 0 Å². The monoisotopic (exact) mass is 283 g/mol. The lowest BCUT2D eigenvalue weighted by molar-refractivity contribution is -0.146. The molecule has 4 heteroatoms. The fourth-order valence-corrected chi connectivity index (χ4v) is 4.02. The van der Waals surface area contributed by atoms with Gasteiger partial charge in [0.1, 0.15) is 5.54 Å². The van der Waals surface area contributed by atoms with E-state index >= 15 is 0 Å². The maximum Gasteiger partial charge on any atom is 0.324 e. The first kappa shape index (κ1) is 15.8. The number of nitrogens with one attached hydrogen (secondary N) is 1. The average Bonchev–Trinajstić information content (AvgIpc) is 2.89. The first-order chi connectivity index (χ1) is 9.69. The van der Waals surface area contributed by atoms with Gasteiger partial charge in [-0.25, -0.2) is 0 Å². The third-order valence-electron chi connectivity index (χ3n) is 5.34. The van der Waals surface area contributed by atoms with Crippen LogP contribution in [0.1, 0.15) is 57.8 Å². The summed E-state index contributed by atoms with van der Waals surface area (Å²) in [4.78, 5) is 11.5. The Kier molecular flexibility index (Phi) is 5.85. The zero-order valence-electron chi connectivity index (χ0n) is 12.7. The van der Waals surface area contributed by atoms with Gasteiger partial charge in [0, 0.05) is 13.2 Å². The van der Waals surface area contributed by atoms with Crippen molar-refractivity contribution in [2.75, 3.05) is 20.3 Å². The third kappa shape index (κ3) is 3.53. The second kappa shape index (κ2) is 7.41. The molecular formula is C16H29NO3. The van der Waals surface area contributed by atoms with Crippen LogP contribution in [0.3, 0.4) is 0 Å². The molecular weight excluding hydrogens is 254 g/mol. The van der Waals surface area contributed by atoms with Crippen molar-refractivity contribution in [3.8, 4) is 0 Å². The maximum atomic E-state index is 11.5.